The highest BCUT2D eigenvalue weighted by atomic mass is 19.4. The Bertz CT molecular complexity index is 489. The molecule has 6 heteroatoms. The topological polar surface area (TPSA) is 45.9 Å². The maximum atomic E-state index is 12.4. The monoisotopic (exact) mass is 256 g/mol. The molecule has 0 N–H and O–H groups in total. The van der Waals surface area contributed by atoms with Gasteiger partial charge in [0.1, 0.15) is 17.3 Å². The number of aromatic nitrogens is 1. The van der Waals surface area contributed by atoms with E-state index in [1.165, 1.54) is 0 Å². The molecule has 0 atom stereocenters. The van der Waals surface area contributed by atoms with Crippen molar-refractivity contribution in [2.24, 2.45) is 0 Å². The van der Waals surface area contributed by atoms with Gasteiger partial charge in [-0.1, -0.05) is 5.57 Å². The number of hydrogen-bond donors (Lipinski definition) is 0. The standard InChI is InChI=1S/C12H11F3N2O/c1-8(2)5-6-18-11-9(7-16)3-4-10(17-11)12(13,14)15/h3-4H,1,5-6H2,2H3. The van der Waals surface area contributed by atoms with Gasteiger partial charge in [0.05, 0.1) is 6.61 Å². The molecule has 0 aliphatic rings. The van der Waals surface area contributed by atoms with Crippen molar-refractivity contribution < 1.29 is 17.9 Å². The van der Waals surface area contributed by atoms with Crippen LogP contribution in [0.25, 0.3) is 0 Å². The van der Waals surface area contributed by atoms with Crippen molar-refractivity contribution in [1.29, 1.82) is 5.26 Å². The van der Waals surface area contributed by atoms with Crippen LogP contribution >= 0.6 is 0 Å². The Morgan fingerprint density at radius 1 is 1.50 bits per heavy atom. The van der Waals surface area contributed by atoms with Gasteiger partial charge in [-0.25, -0.2) is 4.98 Å². The van der Waals surface area contributed by atoms with Gasteiger partial charge in [0.15, 0.2) is 0 Å². The normalized spacial score (nSPS) is 10.8. The molecular weight excluding hydrogens is 245 g/mol. The number of halogens is 3. The van der Waals surface area contributed by atoms with E-state index in [1.54, 1.807) is 13.0 Å². The lowest BCUT2D eigenvalue weighted by Crippen LogP contribution is -2.10. The van der Waals surface area contributed by atoms with Gasteiger partial charge >= 0.3 is 6.18 Å². The van der Waals surface area contributed by atoms with Gasteiger partial charge < -0.3 is 4.74 Å². The number of rotatable bonds is 4. The van der Waals surface area contributed by atoms with E-state index >= 15 is 0 Å². The van der Waals surface area contributed by atoms with Crippen molar-refractivity contribution in [3.63, 3.8) is 0 Å². The quantitative estimate of drug-likeness (QED) is 0.776. The van der Waals surface area contributed by atoms with Gasteiger partial charge in [-0.3, -0.25) is 0 Å². The van der Waals surface area contributed by atoms with Crippen molar-refractivity contribution in [1.82, 2.24) is 4.98 Å². The van der Waals surface area contributed by atoms with Crippen LogP contribution in [-0.2, 0) is 6.18 Å². The highest BCUT2D eigenvalue weighted by molar-refractivity contribution is 5.39. The van der Waals surface area contributed by atoms with E-state index in [0.717, 1.165) is 17.7 Å². The van der Waals surface area contributed by atoms with Crippen molar-refractivity contribution in [2.45, 2.75) is 19.5 Å². The lowest BCUT2D eigenvalue weighted by Gasteiger charge is -2.10. The van der Waals surface area contributed by atoms with Crippen LogP contribution in [0.2, 0.25) is 0 Å². The molecule has 0 fully saturated rings. The van der Waals surface area contributed by atoms with Gasteiger partial charge in [0.2, 0.25) is 5.88 Å². The number of pyridine rings is 1. The lowest BCUT2D eigenvalue weighted by molar-refractivity contribution is -0.141. The highest BCUT2D eigenvalue weighted by Gasteiger charge is 2.33. The van der Waals surface area contributed by atoms with Gasteiger partial charge in [-0.15, -0.1) is 6.58 Å². The Labute approximate surface area is 103 Å². The molecule has 0 saturated heterocycles. The first-order chi connectivity index (χ1) is 8.34. The zero-order valence-corrected chi connectivity index (χ0v) is 9.71. The average Bonchev–Trinajstić information content (AvgIpc) is 2.27. The van der Waals surface area contributed by atoms with E-state index < -0.39 is 11.9 Å². The third kappa shape index (κ3) is 3.77. The maximum absolute atomic E-state index is 12.4. The molecule has 0 saturated carbocycles. The molecule has 1 heterocycles. The van der Waals surface area contributed by atoms with Gasteiger partial charge in [-0.05, 0) is 19.1 Å². The molecule has 0 amide bonds. The second kappa shape index (κ2) is 5.54. The fraction of sp³-hybridized carbons (Fsp3) is 0.333. The Morgan fingerprint density at radius 3 is 2.67 bits per heavy atom. The third-order valence-corrected chi connectivity index (χ3v) is 2.04. The minimum atomic E-state index is -4.56. The molecule has 1 aromatic heterocycles. The van der Waals surface area contributed by atoms with Crippen molar-refractivity contribution >= 4 is 0 Å². The number of alkyl halides is 3. The molecule has 0 unspecified atom stereocenters. The number of nitrogens with zero attached hydrogens (tertiary/aromatic N) is 2. The summed E-state index contributed by atoms with van der Waals surface area (Å²) in [5, 5.41) is 8.75. The largest absolute Gasteiger partial charge is 0.476 e. The predicted molar refractivity (Wildman–Crippen MR) is 58.9 cm³/mol. The molecule has 0 aliphatic heterocycles. The molecule has 1 aromatic rings. The maximum Gasteiger partial charge on any atom is 0.433 e. The van der Waals surface area contributed by atoms with Crippen molar-refractivity contribution in [3.05, 3.63) is 35.5 Å². The molecule has 0 aromatic carbocycles. The SMILES string of the molecule is C=C(C)CCOc1nc(C(F)(F)F)ccc1C#N. The summed E-state index contributed by atoms with van der Waals surface area (Å²) in [6, 6.07) is 3.54. The van der Waals surface area contributed by atoms with E-state index in [0.29, 0.717) is 6.42 Å². The molecule has 0 aliphatic carbocycles. The van der Waals surface area contributed by atoms with Crippen molar-refractivity contribution in [2.75, 3.05) is 6.61 Å². The van der Waals surface area contributed by atoms with Crippen LogP contribution in [0, 0.1) is 11.3 Å². The molecular formula is C12H11F3N2O. The van der Waals surface area contributed by atoms with Crippen LogP contribution in [0.1, 0.15) is 24.6 Å². The molecule has 0 bridgehead atoms. The third-order valence-electron chi connectivity index (χ3n) is 2.04. The first-order valence-corrected chi connectivity index (χ1v) is 5.10. The zero-order chi connectivity index (χ0) is 13.8. The Kier molecular flexibility index (Phi) is 4.32. The highest BCUT2D eigenvalue weighted by Crippen LogP contribution is 2.30. The second-order valence-corrected chi connectivity index (χ2v) is 3.71. The lowest BCUT2D eigenvalue weighted by atomic mass is 10.2. The molecule has 0 radical (unpaired) electrons. The number of hydrogen-bond acceptors (Lipinski definition) is 3. The summed E-state index contributed by atoms with van der Waals surface area (Å²) < 4.78 is 42.4. The van der Waals surface area contributed by atoms with Crippen LogP contribution in [0.15, 0.2) is 24.3 Å². The van der Waals surface area contributed by atoms with E-state index in [1.807, 2.05) is 0 Å². The summed E-state index contributed by atoms with van der Waals surface area (Å²) in [6.45, 7) is 5.55. The summed E-state index contributed by atoms with van der Waals surface area (Å²) in [6.07, 6.45) is -4.07. The predicted octanol–water partition coefficient (Wildman–Crippen LogP) is 3.32. The summed E-state index contributed by atoms with van der Waals surface area (Å²) in [7, 11) is 0. The van der Waals surface area contributed by atoms with Crippen LogP contribution in [0.4, 0.5) is 13.2 Å². The second-order valence-electron chi connectivity index (χ2n) is 3.71. The van der Waals surface area contributed by atoms with Gasteiger partial charge in [-0.2, -0.15) is 18.4 Å². The van der Waals surface area contributed by atoms with E-state index in [2.05, 4.69) is 11.6 Å². The molecule has 0 spiro atoms. The summed E-state index contributed by atoms with van der Waals surface area (Å²) in [4.78, 5) is 3.31. The van der Waals surface area contributed by atoms with Crippen LogP contribution < -0.4 is 4.74 Å². The van der Waals surface area contributed by atoms with Crippen LogP contribution in [-0.4, -0.2) is 11.6 Å². The smallest absolute Gasteiger partial charge is 0.433 e. The first-order valence-electron chi connectivity index (χ1n) is 5.10. The zero-order valence-electron chi connectivity index (χ0n) is 9.71. The Morgan fingerprint density at radius 2 is 2.17 bits per heavy atom. The van der Waals surface area contributed by atoms with E-state index in [9.17, 15) is 13.2 Å². The van der Waals surface area contributed by atoms with Gasteiger partial charge in [0.25, 0.3) is 0 Å². The van der Waals surface area contributed by atoms with Crippen molar-refractivity contribution in [3.8, 4) is 11.9 Å². The van der Waals surface area contributed by atoms with Crippen LogP contribution in [0.3, 0.4) is 0 Å². The summed E-state index contributed by atoms with van der Waals surface area (Å²) in [5.41, 5.74) is -0.267. The number of nitriles is 1. The first kappa shape index (κ1) is 14.0. The van der Waals surface area contributed by atoms with Gasteiger partial charge in [0, 0.05) is 6.42 Å². The fourth-order valence-electron chi connectivity index (χ4n) is 1.12. The Hall–Kier alpha value is -2.03. The molecule has 96 valence electrons. The minimum absolute atomic E-state index is 0.0234. The average molecular weight is 256 g/mol. The molecule has 3 nitrogen and oxygen atoms in total. The van der Waals surface area contributed by atoms with E-state index in [-0.39, 0.29) is 18.1 Å². The molecule has 18 heavy (non-hydrogen) atoms. The number of ether oxygens (including phenoxy) is 1. The summed E-state index contributed by atoms with van der Waals surface area (Å²) >= 11 is 0. The Balaban J connectivity index is 2.93. The fourth-order valence-corrected chi connectivity index (χ4v) is 1.12. The minimum Gasteiger partial charge on any atom is -0.476 e. The van der Waals surface area contributed by atoms with Crippen LogP contribution in [0.5, 0.6) is 5.88 Å². The molecule has 1 rings (SSSR count). The van der Waals surface area contributed by atoms with E-state index in [4.69, 9.17) is 10.00 Å². The summed E-state index contributed by atoms with van der Waals surface area (Å²) in [5.74, 6) is -0.298.